The molecule has 0 radical (unpaired) electrons. The van der Waals surface area contributed by atoms with E-state index in [0.29, 0.717) is 18.7 Å². The number of hydrogen-bond acceptors (Lipinski definition) is 6. The van der Waals surface area contributed by atoms with Crippen LogP contribution >= 0.6 is 11.3 Å². The van der Waals surface area contributed by atoms with Crippen molar-refractivity contribution in [1.29, 1.82) is 0 Å². The summed E-state index contributed by atoms with van der Waals surface area (Å²) in [6.45, 7) is 4.50. The smallest absolute Gasteiger partial charge is 0.338 e. The van der Waals surface area contributed by atoms with E-state index >= 15 is 0 Å². The van der Waals surface area contributed by atoms with Gasteiger partial charge in [0.25, 0.3) is 5.91 Å². The topological polar surface area (TPSA) is 79.8 Å². The molecular weight excluding hydrogens is 342 g/mol. The van der Waals surface area contributed by atoms with Gasteiger partial charge >= 0.3 is 5.97 Å². The van der Waals surface area contributed by atoms with Crippen LogP contribution in [-0.2, 0) is 14.3 Å². The quantitative estimate of drug-likeness (QED) is 0.701. The van der Waals surface area contributed by atoms with E-state index < -0.39 is 18.5 Å². The highest BCUT2D eigenvalue weighted by atomic mass is 32.1. The summed E-state index contributed by atoms with van der Waals surface area (Å²) in [5.41, 5.74) is 2.88. The third-order valence-electron chi connectivity index (χ3n) is 3.81. The van der Waals surface area contributed by atoms with Gasteiger partial charge in [-0.3, -0.25) is 9.59 Å². The number of fused-ring (bicyclic) bond motifs is 1. The predicted molar refractivity (Wildman–Crippen MR) is 95.5 cm³/mol. The summed E-state index contributed by atoms with van der Waals surface area (Å²) in [5.74, 6) is -1.14. The van der Waals surface area contributed by atoms with Gasteiger partial charge in [0.15, 0.2) is 6.61 Å². The maximum absolute atomic E-state index is 12.1. The van der Waals surface area contributed by atoms with Gasteiger partial charge in [0.05, 0.1) is 27.8 Å². The van der Waals surface area contributed by atoms with E-state index in [-0.39, 0.29) is 12.5 Å². The number of likely N-dealkylation sites (N-methyl/N-ethyl adjacent to an activating group) is 2. The van der Waals surface area contributed by atoms with Crippen molar-refractivity contribution in [2.24, 2.45) is 0 Å². The molecule has 0 aliphatic carbocycles. The molecule has 134 valence electrons. The number of ether oxygens (including phenoxy) is 1. The van der Waals surface area contributed by atoms with Gasteiger partial charge in [0.2, 0.25) is 5.91 Å². The van der Waals surface area contributed by atoms with Crippen molar-refractivity contribution < 1.29 is 19.1 Å². The highest BCUT2D eigenvalue weighted by Gasteiger charge is 2.18. The molecule has 0 fully saturated rings. The van der Waals surface area contributed by atoms with Crippen LogP contribution in [0.1, 0.15) is 24.2 Å². The number of esters is 1. The molecule has 1 aromatic carbocycles. The molecule has 0 bridgehead atoms. The predicted octanol–water partition coefficient (Wildman–Crippen LogP) is 1.78. The molecule has 0 N–H and O–H groups in total. The number of thiazole rings is 1. The first-order valence-electron chi connectivity index (χ1n) is 7.98. The summed E-state index contributed by atoms with van der Waals surface area (Å²) >= 11 is 1.43. The maximum Gasteiger partial charge on any atom is 0.338 e. The van der Waals surface area contributed by atoms with E-state index in [9.17, 15) is 14.4 Å². The minimum atomic E-state index is -0.577. The van der Waals surface area contributed by atoms with E-state index in [1.165, 1.54) is 23.3 Å². The first kappa shape index (κ1) is 18.9. The zero-order valence-corrected chi connectivity index (χ0v) is 15.3. The Bertz CT molecular complexity index is 770. The van der Waals surface area contributed by atoms with Crippen molar-refractivity contribution in [2.45, 2.75) is 13.8 Å². The first-order valence-corrected chi connectivity index (χ1v) is 8.86. The van der Waals surface area contributed by atoms with Gasteiger partial charge in [0.1, 0.15) is 0 Å². The van der Waals surface area contributed by atoms with E-state index in [2.05, 4.69) is 4.98 Å². The zero-order valence-electron chi connectivity index (χ0n) is 14.5. The number of hydrogen-bond donors (Lipinski definition) is 0. The molecule has 2 rings (SSSR count). The average Bonchev–Trinajstić information content (AvgIpc) is 3.07. The SMILES string of the molecule is CCN(CC)C(=O)CN(C)C(=O)COC(=O)c1ccc2ncsc2c1. The Hall–Kier alpha value is -2.48. The molecule has 0 saturated heterocycles. The normalized spacial score (nSPS) is 10.5. The summed E-state index contributed by atoms with van der Waals surface area (Å²) in [5, 5.41) is 0. The van der Waals surface area contributed by atoms with Crippen LogP contribution in [0.4, 0.5) is 0 Å². The number of amides is 2. The monoisotopic (exact) mass is 363 g/mol. The van der Waals surface area contributed by atoms with Gasteiger partial charge in [-0.05, 0) is 32.0 Å². The van der Waals surface area contributed by atoms with Gasteiger partial charge in [-0.25, -0.2) is 9.78 Å². The molecular formula is C17H21N3O4S. The summed E-state index contributed by atoms with van der Waals surface area (Å²) in [6, 6.07) is 5.04. The Kier molecular flexibility index (Phi) is 6.46. The molecule has 7 nitrogen and oxygen atoms in total. The number of carbonyl (C=O) groups is 3. The Labute approximate surface area is 150 Å². The lowest BCUT2D eigenvalue weighted by Crippen LogP contribution is -2.42. The molecule has 0 aliphatic heterocycles. The van der Waals surface area contributed by atoms with Gasteiger partial charge in [0, 0.05) is 20.1 Å². The molecule has 25 heavy (non-hydrogen) atoms. The van der Waals surface area contributed by atoms with Crippen LogP contribution < -0.4 is 0 Å². The third kappa shape index (κ3) is 4.76. The Morgan fingerprint density at radius 3 is 2.56 bits per heavy atom. The summed E-state index contributed by atoms with van der Waals surface area (Å²) in [4.78, 5) is 43.2. The molecule has 8 heteroatoms. The van der Waals surface area contributed by atoms with Crippen LogP contribution in [0.25, 0.3) is 10.2 Å². The Morgan fingerprint density at radius 2 is 1.88 bits per heavy atom. The molecule has 1 aromatic heterocycles. The van der Waals surface area contributed by atoms with E-state index in [1.807, 2.05) is 13.8 Å². The summed E-state index contributed by atoms with van der Waals surface area (Å²) < 4.78 is 5.94. The van der Waals surface area contributed by atoms with Crippen LogP contribution in [0.5, 0.6) is 0 Å². The van der Waals surface area contributed by atoms with Gasteiger partial charge in [-0.15, -0.1) is 11.3 Å². The van der Waals surface area contributed by atoms with Crippen LogP contribution in [0.15, 0.2) is 23.7 Å². The van der Waals surface area contributed by atoms with Crippen LogP contribution in [0.3, 0.4) is 0 Å². The third-order valence-corrected chi connectivity index (χ3v) is 4.60. The molecule has 0 spiro atoms. The Morgan fingerprint density at radius 1 is 1.16 bits per heavy atom. The Balaban J connectivity index is 1.87. The fourth-order valence-electron chi connectivity index (χ4n) is 2.27. The number of carbonyl (C=O) groups excluding carboxylic acids is 3. The van der Waals surface area contributed by atoms with Crippen molar-refractivity contribution in [2.75, 3.05) is 33.3 Å². The fraction of sp³-hybridized carbons (Fsp3) is 0.412. The second-order valence-corrected chi connectivity index (χ2v) is 6.31. The lowest BCUT2D eigenvalue weighted by atomic mass is 10.2. The molecule has 2 amide bonds. The largest absolute Gasteiger partial charge is 0.452 e. The van der Waals surface area contributed by atoms with Crippen LogP contribution in [-0.4, -0.2) is 65.9 Å². The number of aromatic nitrogens is 1. The maximum atomic E-state index is 12.1. The second kappa shape index (κ2) is 8.57. The first-order chi connectivity index (χ1) is 12.0. The van der Waals surface area contributed by atoms with Crippen molar-refractivity contribution in [3.8, 4) is 0 Å². The second-order valence-electron chi connectivity index (χ2n) is 5.43. The van der Waals surface area contributed by atoms with Crippen molar-refractivity contribution in [1.82, 2.24) is 14.8 Å². The molecule has 0 unspecified atom stereocenters. The average molecular weight is 363 g/mol. The molecule has 1 heterocycles. The number of nitrogens with zero attached hydrogens (tertiary/aromatic N) is 3. The molecule has 0 aliphatic rings. The lowest BCUT2D eigenvalue weighted by Gasteiger charge is -2.23. The van der Waals surface area contributed by atoms with Crippen molar-refractivity contribution in [3.63, 3.8) is 0 Å². The van der Waals surface area contributed by atoms with Gasteiger partial charge in [-0.2, -0.15) is 0 Å². The summed E-state index contributed by atoms with van der Waals surface area (Å²) in [6.07, 6.45) is 0. The van der Waals surface area contributed by atoms with E-state index in [4.69, 9.17) is 4.74 Å². The minimum absolute atomic E-state index is 0.0368. The summed E-state index contributed by atoms with van der Waals surface area (Å²) in [7, 11) is 1.51. The number of rotatable bonds is 7. The van der Waals surface area contributed by atoms with Crippen molar-refractivity contribution in [3.05, 3.63) is 29.3 Å². The number of benzene rings is 1. The van der Waals surface area contributed by atoms with Gasteiger partial charge in [-0.1, -0.05) is 0 Å². The van der Waals surface area contributed by atoms with Crippen LogP contribution in [0.2, 0.25) is 0 Å². The molecule has 0 atom stereocenters. The minimum Gasteiger partial charge on any atom is -0.452 e. The lowest BCUT2D eigenvalue weighted by molar-refractivity contribution is -0.140. The zero-order chi connectivity index (χ0) is 18.4. The highest BCUT2D eigenvalue weighted by molar-refractivity contribution is 7.16. The standard InChI is InChI=1S/C17H21N3O4S/c1-4-20(5-2)15(21)9-19(3)16(22)10-24-17(23)12-6-7-13-14(8-12)25-11-18-13/h6-8,11H,4-5,9-10H2,1-3H3. The molecule has 0 saturated carbocycles. The highest BCUT2D eigenvalue weighted by Crippen LogP contribution is 2.19. The van der Waals surface area contributed by atoms with Gasteiger partial charge < -0.3 is 14.5 Å². The van der Waals surface area contributed by atoms with Crippen LogP contribution in [0, 0.1) is 0 Å². The van der Waals surface area contributed by atoms with E-state index in [0.717, 1.165) is 10.2 Å². The fourth-order valence-corrected chi connectivity index (χ4v) is 2.99. The molecule has 2 aromatic rings. The van der Waals surface area contributed by atoms with E-state index in [1.54, 1.807) is 28.6 Å². The van der Waals surface area contributed by atoms with Crippen molar-refractivity contribution >= 4 is 39.3 Å².